The molecule has 1 atom stereocenters. The van der Waals surface area contributed by atoms with Crippen molar-refractivity contribution in [1.82, 2.24) is 20.4 Å². The highest BCUT2D eigenvalue weighted by Gasteiger charge is 2.35. The molecule has 0 bridgehead atoms. The molecule has 2 aromatic heterocycles. The number of carbonyl (C=O) groups is 1. The van der Waals surface area contributed by atoms with Gasteiger partial charge in [-0.2, -0.15) is 4.98 Å². The Morgan fingerprint density at radius 2 is 2.12 bits per heavy atom. The molecule has 9 heteroatoms. The van der Waals surface area contributed by atoms with Crippen molar-refractivity contribution in [2.75, 3.05) is 20.3 Å². The number of ether oxygens (including phenoxy) is 2. The van der Waals surface area contributed by atoms with Gasteiger partial charge in [-0.1, -0.05) is 23.4 Å². The minimum atomic E-state index is -0.451. The minimum absolute atomic E-state index is 0.152. The van der Waals surface area contributed by atoms with Crippen LogP contribution in [0.2, 0.25) is 0 Å². The molecule has 1 N–H and O–H groups in total. The first-order valence-electron chi connectivity index (χ1n) is 10.9. The monoisotopic (exact) mass is 468 g/mol. The lowest BCUT2D eigenvalue weighted by Gasteiger charge is -2.35. The number of aromatic nitrogens is 2. The van der Waals surface area contributed by atoms with E-state index in [1.165, 1.54) is 0 Å². The first-order chi connectivity index (χ1) is 16.0. The number of urea groups is 1. The summed E-state index contributed by atoms with van der Waals surface area (Å²) in [6, 6.07) is 10.9. The number of amides is 2. The molecule has 33 heavy (non-hydrogen) atoms. The Balaban J connectivity index is 1.71. The molecule has 1 aliphatic rings. The summed E-state index contributed by atoms with van der Waals surface area (Å²) in [5.41, 5.74) is 2.41. The van der Waals surface area contributed by atoms with Crippen LogP contribution in [0.15, 0.2) is 52.0 Å². The van der Waals surface area contributed by atoms with E-state index in [9.17, 15) is 4.79 Å². The molecular formula is C24H28N4O4S. The van der Waals surface area contributed by atoms with Gasteiger partial charge in [-0.15, -0.1) is 11.3 Å². The van der Waals surface area contributed by atoms with Crippen LogP contribution in [-0.2, 0) is 4.74 Å². The fourth-order valence-electron chi connectivity index (χ4n) is 3.78. The number of rotatable bonds is 9. The lowest BCUT2D eigenvalue weighted by atomic mass is 9.94. The van der Waals surface area contributed by atoms with Gasteiger partial charge >= 0.3 is 6.03 Å². The van der Waals surface area contributed by atoms with E-state index in [1.807, 2.05) is 62.5 Å². The van der Waals surface area contributed by atoms with Crippen molar-refractivity contribution in [3.63, 3.8) is 0 Å². The SMILES string of the molecule is COc1cccc(C2NC(=O)N(CCCOC(C)C)C(C)=C2c2nc(-c3cccs3)no2)c1. The van der Waals surface area contributed by atoms with Gasteiger partial charge in [0.05, 0.1) is 29.7 Å². The summed E-state index contributed by atoms with van der Waals surface area (Å²) < 4.78 is 16.7. The Morgan fingerprint density at radius 1 is 1.27 bits per heavy atom. The van der Waals surface area contributed by atoms with Crippen LogP contribution in [0, 0.1) is 0 Å². The summed E-state index contributed by atoms with van der Waals surface area (Å²) in [6.45, 7) is 7.00. The average Bonchev–Trinajstić information content (AvgIpc) is 3.50. The highest BCUT2D eigenvalue weighted by molar-refractivity contribution is 7.13. The highest BCUT2D eigenvalue weighted by Crippen LogP contribution is 2.38. The number of hydrogen-bond donors (Lipinski definition) is 1. The molecule has 0 spiro atoms. The Morgan fingerprint density at radius 3 is 2.85 bits per heavy atom. The zero-order valence-electron chi connectivity index (χ0n) is 19.2. The molecule has 3 aromatic rings. The standard InChI is InChI=1S/C24H28N4O4S/c1-15(2)31-12-7-11-28-16(3)20(23-26-22(27-32-23)19-10-6-13-33-19)21(25-24(28)29)17-8-5-9-18(14-17)30-4/h5-6,8-10,13-15,21H,7,11-12H2,1-4H3,(H,25,29). The van der Waals surface area contributed by atoms with Gasteiger partial charge in [0, 0.05) is 18.8 Å². The zero-order valence-corrected chi connectivity index (χ0v) is 20.0. The predicted octanol–water partition coefficient (Wildman–Crippen LogP) is 5.12. The summed E-state index contributed by atoms with van der Waals surface area (Å²) in [6.07, 6.45) is 0.864. The second-order valence-corrected chi connectivity index (χ2v) is 8.93. The number of nitrogens with zero attached hydrogens (tertiary/aromatic N) is 3. The third kappa shape index (κ3) is 5.09. The van der Waals surface area contributed by atoms with Crippen molar-refractivity contribution in [2.24, 2.45) is 0 Å². The minimum Gasteiger partial charge on any atom is -0.497 e. The smallest absolute Gasteiger partial charge is 0.322 e. The van der Waals surface area contributed by atoms with Gasteiger partial charge in [-0.25, -0.2) is 4.79 Å². The lowest BCUT2D eigenvalue weighted by Crippen LogP contribution is -2.46. The fraction of sp³-hybridized carbons (Fsp3) is 0.375. The van der Waals surface area contributed by atoms with E-state index < -0.39 is 6.04 Å². The number of methoxy groups -OCH3 is 1. The van der Waals surface area contributed by atoms with E-state index in [1.54, 1.807) is 23.3 Å². The number of thiophene rings is 1. The molecule has 4 rings (SSSR count). The second-order valence-electron chi connectivity index (χ2n) is 7.98. The van der Waals surface area contributed by atoms with E-state index >= 15 is 0 Å². The van der Waals surface area contributed by atoms with Crippen molar-refractivity contribution in [3.8, 4) is 16.5 Å². The topological polar surface area (TPSA) is 89.7 Å². The molecule has 0 aliphatic carbocycles. The van der Waals surface area contributed by atoms with E-state index in [4.69, 9.17) is 14.0 Å². The third-order valence-electron chi connectivity index (χ3n) is 5.40. The number of nitrogens with one attached hydrogen (secondary N) is 1. The maximum Gasteiger partial charge on any atom is 0.322 e. The summed E-state index contributed by atoms with van der Waals surface area (Å²) in [7, 11) is 1.62. The molecule has 174 valence electrons. The highest BCUT2D eigenvalue weighted by atomic mass is 32.1. The number of carbonyl (C=O) groups excluding carboxylic acids is 1. The molecule has 3 heterocycles. The average molecular weight is 469 g/mol. The van der Waals surface area contributed by atoms with Crippen molar-refractivity contribution in [2.45, 2.75) is 39.3 Å². The number of benzene rings is 1. The van der Waals surface area contributed by atoms with E-state index in [2.05, 4.69) is 15.5 Å². The summed E-state index contributed by atoms with van der Waals surface area (Å²) in [5, 5.41) is 9.27. The number of allylic oxidation sites excluding steroid dienone is 1. The van der Waals surface area contributed by atoms with Crippen LogP contribution in [0.25, 0.3) is 16.3 Å². The third-order valence-corrected chi connectivity index (χ3v) is 6.26. The summed E-state index contributed by atoms with van der Waals surface area (Å²) >= 11 is 1.54. The van der Waals surface area contributed by atoms with Crippen molar-refractivity contribution >= 4 is 22.9 Å². The largest absolute Gasteiger partial charge is 0.497 e. The molecule has 8 nitrogen and oxygen atoms in total. The van der Waals surface area contributed by atoms with Gasteiger partial charge in [0.15, 0.2) is 0 Å². The first-order valence-corrected chi connectivity index (χ1v) is 11.8. The first kappa shape index (κ1) is 23.0. The van der Waals surface area contributed by atoms with Gasteiger partial charge in [0.1, 0.15) is 5.75 Å². The Hall–Kier alpha value is -3.17. The molecular weight excluding hydrogens is 440 g/mol. The van der Waals surface area contributed by atoms with Crippen LogP contribution in [0.3, 0.4) is 0 Å². The maximum atomic E-state index is 13.1. The quantitative estimate of drug-likeness (QED) is 0.439. The van der Waals surface area contributed by atoms with Gasteiger partial charge < -0.3 is 19.3 Å². The van der Waals surface area contributed by atoms with Gasteiger partial charge in [-0.05, 0) is 56.3 Å². The van der Waals surface area contributed by atoms with Crippen molar-refractivity contribution < 1.29 is 18.8 Å². The van der Waals surface area contributed by atoms with Crippen LogP contribution < -0.4 is 10.1 Å². The Kier molecular flexibility index (Phi) is 7.10. The van der Waals surface area contributed by atoms with Crippen molar-refractivity contribution in [1.29, 1.82) is 0 Å². The molecule has 0 saturated heterocycles. The molecule has 1 aromatic carbocycles. The van der Waals surface area contributed by atoms with Crippen LogP contribution in [-0.4, -0.2) is 47.4 Å². The van der Waals surface area contributed by atoms with Gasteiger partial charge in [0.2, 0.25) is 5.82 Å². The molecule has 1 unspecified atom stereocenters. The molecule has 1 aliphatic heterocycles. The van der Waals surface area contributed by atoms with Crippen LogP contribution >= 0.6 is 11.3 Å². The second kappa shape index (κ2) is 10.2. The Labute approximate surface area is 197 Å². The lowest BCUT2D eigenvalue weighted by molar-refractivity contribution is 0.0736. The summed E-state index contributed by atoms with van der Waals surface area (Å²) in [4.78, 5) is 20.4. The van der Waals surface area contributed by atoms with E-state index in [-0.39, 0.29) is 12.1 Å². The van der Waals surface area contributed by atoms with E-state index in [0.717, 1.165) is 21.7 Å². The molecule has 2 amide bonds. The zero-order chi connectivity index (χ0) is 23.4. The van der Waals surface area contributed by atoms with Crippen molar-refractivity contribution in [3.05, 3.63) is 58.9 Å². The number of hydrogen-bond acceptors (Lipinski definition) is 7. The Bertz CT molecular complexity index is 1120. The molecule has 0 saturated carbocycles. The molecule has 0 radical (unpaired) electrons. The van der Waals surface area contributed by atoms with Crippen LogP contribution in [0.1, 0.15) is 44.7 Å². The van der Waals surface area contributed by atoms with Crippen LogP contribution in [0.4, 0.5) is 4.79 Å². The predicted molar refractivity (Wildman–Crippen MR) is 127 cm³/mol. The van der Waals surface area contributed by atoms with E-state index in [0.29, 0.717) is 37.0 Å². The van der Waals surface area contributed by atoms with Gasteiger partial charge in [-0.3, -0.25) is 4.90 Å². The molecule has 0 fully saturated rings. The maximum absolute atomic E-state index is 13.1. The summed E-state index contributed by atoms with van der Waals surface area (Å²) in [5.74, 6) is 1.61. The fourth-order valence-corrected chi connectivity index (χ4v) is 4.43. The van der Waals surface area contributed by atoms with Gasteiger partial charge in [0.25, 0.3) is 5.89 Å². The normalized spacial score (nSPS) is 16.5. The van der Waals surface area contributed by atoms with Crippen LogP contribution in [0.5, 0.6) is 5.75 Å².